The third-order valence-corrected chi connectivity index (χ3v) is 3.74. The zero-order valence-corrected chi connectivity index (χ0v) is 11.9. The van der Waals surface area contributed by atoms with Crippen LogP contribution >= 0.6 is 0 Å². The molecule has 104 valence electrons. The molecule has 1 aliphatic rings. The summed E-state index contributed by atoms with van der Waals surface area (Å²) in [5.74, 6) is 0. The molecule has 2 heterocycles. The van der Waals surface area contributed by atoms with Crippen molar-refractivity contribution in [3.8, 4) is 6.07 Å². The predicted octanol–water partition coefficient (Wildman–Crippen LogP) is 3.75. The summed E-state index contributed by atoms with van der Waals surface area (Å²) in [6.07, 6.45) is 6.15. The molecule has 0 radical (unpaired) electrons. The molecule has 1 aromatic carbocycles. The lowest BCUT2D eigenvalue weighted by Gasteiger charge is -2.17. The standard InChI is InChI=1S/C18H17N3/c19-14-16(18-5-1-2-10-20-18)13-15-6-8-17(9-7-15)21-11-3-4-12-21/h1-2,5-10,13H,3-4,11-12H2/b16-13+. The van der Waals surface area contributed by atoms with Crippen LogP contribution in [0.2, 0.25) is 0 Å². The number of allylic oxidation sites excluding steroid dienone is 1. The zero-order chi connectivity index (χ0) is 14.5. The Morgan fingerprint density at radius 2 is 1.86 bits per heavy atom. The molecule has 0 unspecified atom stereocenters. The van der Waals surface area contributed by atoms with E-state index in [2.05, 4.69) is 40.2 Å². The molecule has 3 nitrogen and oxygen atoms in total. The minimum atomic E-state index is 0.588. The largest absolute Gasteiger partial charge is 0.372 e. The molecule has 0 atom stereocenters. The Hall–Kier alpha value is -2.60. The third-order valence-electron chi connectivity index (χ3n) is 3.74. The SMILES string of the molecule is N#C/C(=C\c1ccc(N2CCCC2)cc1)c1ccccn1. The van der Waals surface area contributed by atoms with E-state index < -0.39 is 0 Å². The average molecular weight is 275 g/mol. The second-order valence-electron chi connectivity index (χ2n) is 5.17. The van der Waals surface area contributed by atoms with Crippen LogP contribution in [0.5, 0.6) is 0 Å². The van der Waals surface area contributed by atoms with Gasteiger partial charge < -0.3 is 4.90 Å². The van der Waals surface area contributed by atoms with Crippen LogP contribution in [0.1, 0.15) is 24.1 Å². The summed E-state index contributed by atoms with van der Waals surface area (Å²) in [6.45, 7) is 2.29. The molecular weight excluding hydrogens is 258 g/mol. The van der Waals surface area contributed by atoms with Crippen LogP contribution in [-0.4, -0.2) is 18.1 Å². The summed E-state index contributed by atoms with van der Waals surface area (Å²) in [5.41, 5.74) is 3.59. The number of rotatable bonds is 3. The molecule has 2 aromatic rings. The van der Waals surface area contributed by atoms with Crippen LogP contribution in [0, 0.1) is 11.3 Å². The molecular formula is C18H17N3. The topological polar surface area (TPSA) is 39.9 Å². The Kier molecular flexibility index (Phi) is 3.97. The van der Waals surface area contributed by atoms with Gasteiger partial charge in [-0.2, -0.15) is 5.26 Å². The summed E-state index contributed by atoms with van der Waals surface area (Å²) in [5, 5.41) is 9.30. The highest BCUT2D eigenvalue weighted by molar-refractivity contribution is 5.88. The quantitative estimate of drug-likeness (QED) is 0.801. The van der Waals surface area contributed by atoms with Crippen LogP contribution in [0.25, 0.3) is 11.6 Å². The molecule has 1 aliphatic heterocycles. The molecule has 1 saturated heterocycles. The van der Waals surface area contributed by atoms with Crippen LogP contribution < -0.4 is 4.90 Å². The summed E-state index contributed by atoms with van der Waals surface area (Å²) in [4.78, 5) is 6.63. The molecule has 1 fully saturated rings. The normalized spacial score (nSPS) is 15.0. The van der Waals surface area contributed by atoms with Gasteiger partial charge in [-0.05, 0) is 48.7 Å². The van der Waals surface area contributed by atoms with Gasteiger partial charge in [-0.15, -0.1) is 0 Å². The Morgan fingerprint density at radius 3 is 2.48 bits per heavy atom. The summed E-state index contributed by atoms with van der Waals surface area (Å²) >= 11 is 0. The van der Waals surface area contributed by atoms with E-state index >= 15 is 0 Å². The molecule has 0 saturated carbocycles. The molecule has 21 heavy (non-hydrogen) atoms. The van der Waals surface area contributed by atoms with Crippen molar-refractivity contribution in [2.45, 2.75) is 12.8 Å². The molecule has 0 spiro atoms. The average Bonchev–Trinajstić information content (AvgIpc) is 3.08. The monoisotopic (exact) mass is 275 g/mol. The highest BCUT2D eigenvalue weighted by Gasteiger charge is 2.11. The second-order valence-corrected chi connectivity index (χ2v) is 5.17. The number of pyridine rings is 1. The van der Waals surface area contributed by atoms with Gasteiger partial charge in [0.1, 0.15) is 6.07 Å². The Bertz CT molecular complexity index is 660. The van der Waals surface area contributed by atoms with Gasteiger partial charge in [0, 0.05) is 25.0 Å². The number of nitriles is 1. The first-order chi connectivity index (χ1) is 10.4. The molecule has 0 amide bonds. The number of aromatic nitrogens is 1. The van der Waals surface area contributed by atoms with Gasteiger partial charge in [-0.3, -0.25) is 4.98 Å². The molecule has 1 aromatic heterocycles. The van der Waals surface area contributed by atoms with E-state index in [0.717, 1.165) is 18.7 Å². The molecule has 0 bridgehead atoms. The minimum Gasteiger partial charge on any atom is -0.372 e. The fourth-order valence-corrected chi connectivity index (χ4v) is 2.61. The number of anilines is 1. The van der Waals surface area contributed by atoms with Crippen molar-refractivity contribution in [2.24, 2.45) is 0 Å². The van der Waals surface area contributed by atoms with E-state index in [1.54, 1.807) is 6.20 Å². The third kappa shape index (κ3) is 3.11. The first-order valence-electron chi connectivity index (χ1n) is 7.25. The van der Waals surface area contributed by atoms with E-state index in [9.17, 15) is 5.26 Å². The van der Waals surface area contributed by atoms with Crippen LogP contribution in [-0.2, 0) is 0 Å². The van der Waals surface area contributed by atoms with Crippen molar-refractivity contribution >= 4 is 17.3 Å². The molecule has 3 rings (SSSR count). The number of hydrogen-bond donors (Lipinski definition) is 0. The summed E-state index contributed by atoms with van der Waals surface area (Å²) in [6, 6.07) is 16.2. The maximum absolute atomic E-state index is 9.30. The highest BCUT2D eigenvalue weighted by atomic mass is 15.1. The number of nitrogens with zero attached hydrogens (tertiary/aromatic N) is 3. The van der Waals surface area contributed by atoms with Gasteiger partial charge in [-0.1, -0.05) is 18.2 Å². The van der Waals surface area contributed by atoms with Crippen LogP contribution in [0.15, 0.2) is 48.7 Å². The fraction of sp³-hybridized carbons (Fsp3) is 0.222. The lowest BCUT2D eigenvalue weighted by atomic mass is 10.1. The smallest absolute Gasteiger partial charge is 0.101 e. The van der Waals surface area contributed by atoms with Crippen molar-refractivity contribution in [1.82, 2.24) is 4.98 Å². The van der Waals surface area contributed by atoms with E-state index in [0.29, 0.717) is 11.3 Å². The van der Waals surface area contributed by atoms with Gasteiger partial charge in [0.2, 0.25) is 0 Å². The zero-order valence-electron chi connectivity index (χ0n) is 11.9. The summed E-state index contributed by atoms with van der Waals surface area (Å²) in [7, 11) is 0. The van der Waals surface area contributed by atoms with Gasteiger partial charge in [-0.25, -0.2) is 0 Å². The summed E-state index contributed by atoms with van der Waals surface area (Å²) < 4.78 is 0. The first kappa shape index (κ1) is 13.4. The van der Waals surface area contributed by atoms with E-state index in [4.69, 9.17) is 0 Å². The van der Waals surface area contributed by atoms with Crippen molar-refractivity contribution in [1.29, 1.82) is 5.26 Å². The molecule has 3 heteroatoms. The van der Waals surface area contributed by atoms with E-state index in [1.165, 1.54) is 18.5 Å². The first-order valence-corrected chi connectivity index (χ1v) is 7.25. The number of hydrogen-bond acceptors (Lipinski definition) is 3. The molecule has 0 N–H and O–H groups in total. The Balaban J connectivity index is 1.83. The van der Waals surface area contributed by atoms with Gasteiger partial charge >= 0.3 is 0 Å². The van der Waals surface area contributed by atoms with Gasteiger partial charge in [0.25, 0.3) is 0 Å². The maximum atomic E-state index is 9.30. The van der Waals surface area contributed by atoms with Crippen LogP contribution in [0.3, 0.4) is 0 Å². The Labute approximate surface area is 125 Å². The van der Waals surface area contributed by atoms with Gasteiger partial charge in [0.15, 0.2) is 0 Å². The Morgan fingerprint density at radius 1 is 1.10 bits per heavy atom. The maximum Gasteiger partial charge on any atom is 0.101 e. The minimum absolute atomic E-state index is 0.588. The fourth-order valence-electron chi connectivity index (χ4n) is 2.61. The molecule has 0 aliphatic carbocycles. The van der Waals surface area contributed by atoms with E-state index in [1.807, 2.05) is 24.3 Å². The van der Waals surface area contributed by atoms with Crippen molar-refractivity contribution in [3.05, 3.63) is 59.9 Å². The lowest BCUT2D eigenvalue weighted by molar-refractivity contribution is 0.949. The van der Waals surface area contributed by atoms with Crippen molar-refractivity contribution in [2.75, 3.05) is 18.0 Å². The lowest BCUT2D eigenvalue weighted by Crippen LogP contribution is -2.17. The number of benzene rings is 1. The van der Waals surface area contributed by atoms with Gasteiger partial charge in [0.05, 0.1) is 11.3 Å². The van der Waals surface area contributed by atoms with Crippen molar-refractivity contribution in [3.63, 3.8) is 0 Å². The highest BCUT2D eigenvalue weighted by Crippen LogP contribution is 2.22. The van der Waals surface area contributed by atoms with Crippen LogP contribution in [0.4, 0.5) is 5.69 Å². The van der Waals surface area contributed by atoms with E-state index in [-0.39, 0.29) is 0 Å². The van der Waals surface area contributed by atoms with Crippen molar-refractivity contribution < 1.29 is 0 Å². The second kappa shape index (κ2) is 6.23. The predicted molar refractivity (Wildman–Crippen MR) is 85.6 cm³/mol.